The van der Waals surface area contributed by atoms with Crippen molar-refractivity contribution >= 4 is 45.0 Å². The minimum Gasteiger partial charge on any atom is -0.352 e. The quantitative estimate of drug-likeness (QED) is 0.316. The molecular formula is C29H33Cl2N3O4S. The number of carbonyl (C=O) groups excluding carboxylic acids is 2. The molecule has 2 atom stereocenters. The van der Waals surface area contributed by atoms with E-state index < -0.39 is 28.5 Å². The van der Waals surface area contributed by atoms with E-state index in [0.717, 1.165) is 9.87 Å². The Hall–Kier alpha value is -2.91. The maximum atomic E-state index is 13.9. The molecule has 0 bridgehead atoms. The third-order valence-electron chi connectivity index (χ3n) is 6.39. The molecule has 0 fully saturated rings. The summed E-state index contributed by atoms with van der Waals surface area (Å²) >= 11 is 12.1. The summed E-state index contributed by atoms with van der Waals surface area (Å²) < 4.78 is 27.4. The van der Waals surface area contributed by atoms with Gasteiger partial charge in [0.2, 0.25) is 21.8 Å². The van der Waals surface area contributed by atoms with Crippen molar-refractivity contribution in [3.8, 4) is 0 Å². The number of nitrogens with one attached hydrogen (secondary N) is 1. The molecule has 0 radical (unpaired) electrons. The fourth-order valence-electron chi connectivity index (χ4n) is 3.98. The normalized spacial score (nSPS) is 13.1. The van der Waals surface area contributed by atoms with Crippen LogP contribution in [0.25, 0.3) is 0 Å². The van der Waals surface area contributed by atoms with Crippen LogP contribution in [0.2, 0.25) is 10.0 Å². The third-order valence-corrected chi connectivity index (χ3v) is 8.70. The van der Waals surface area contributed by atoms with E-state index in [1.807, 2.05) is 50.2 Å². The molecule has 0 saturated carbocycles. The Morgan fingerprint density at radius 1 is 0.897 bits per heavy atom. The molecule has 1 N–H and O–H groups in total. The average molecular weight is 591 g/mol. The van der Waals surface area contributed by atoms with Crippen LogP contribution in [-0.4, -0.2) is 55.1 Å². The van der Waals surface area contributed by atoms with Crippen LogP contribution in [0.5, 0.6) is 0 Å². The van der Waals surface area contributed by atoms with Crippen LogP contribution in [0.1, 0.15) is 31.4 Å². The van der Waals surface area contributed by atoms with Crippen molar-refractivity contribution < 1.29 is 18.0 Å². The van der Waals surface area contributed by atoms with Gasteiger partial charge < -0.3 is 10.2 Å². The topological polar surface area (TPSA) is 86.8 Å². The molecule has 0 saturated heterocycles. The highest BCUT2D eigenvalue weighted by Gasteiger charge is 2.33. The van der Waals surface area contributed by atoms with Crippen molar-refractivity contribution in [3.05, 3.63) is 100 Å². The maximum absolute atomic E-state index is 13.9. The molecule has 3 aromatic carbocycles. The summed E-state index contributed by atoms with van der Waals surface area (Å²) in [6.07, 6.45) is 0.969. The second-order valence-electron chi connectivity index (χ2n) is 9.39. The molecule has 0 aliphatic carbocycles. The number of halogens is 2. The number of likely N-dealkylation sites (N-methyl/N-ethyl adjacent to an activating group) is 1. The largest absolute Gasteiger partial charge is 0.352 e. The van der Waals surface area contributed by atoms with Gasteiger partial charge in [0, 0.05) is 36.1 Å². The van der Waals surface area contributed by atoms with Gasteiger partial charge in [0.15, 0.2) is 0 Å². The van der Waals surface area contributed by atoms with Gasteiger partial charge in [-0.1, -0.05) is 72.6 Å². The first kappa shape index (κ1) is 30.6. The minimum atomic E-state index is -3.99. The summed E-state index contributed by atoms with van der Waals surface area (Å²) in [7, 11) is -2.65. The number of amides is 2. The van der Waals surface area contributed by atoms with Gasteiger partial charge in [-0.2, -0.15) is 4.31 Å². The van der Waals surface area contributed by atoms with Crippen LogP contribution < -0.4 is 5.32 Å². The Morgan fingerprint density at radius 3 is 2.15 bits per heavy atom. The van der Waals surface area contributed by atoms with Gasteiger partial charge >= 0.3 is 0 Å². The van der Waals surface area contributed by atoms with E-state index >= 15 is 0 Å². The molecular weight excluding hydrogens is 557 g/mol. The van der Waals surface area contributed by atoms with E-state index in [4.69, 9.17) is 23.2 Å². The van der Waals surface area contributed by atoms with Crippen LogP contribution in [0.15, 0.2) is 83.8 Å². The summed E-state index contributed by atoms with van der Waals surface area (Å²) in [5, 5.41) is 3.89. The van der Waals surface area contributed by atoms with Gasteiger partial charge in [0.1, 0.15) is 6.04 Å². The smallest absolute Gasteiger partial charge is 0.243 e. The lowest BCUT2D eigenvalue weighted by Gasteiger charge is -2.33. The molecule has 0 heterocycles. The predicted molar refractivity (Wildman–Crippen MR) is 155 cm³/mol. The number of rotatable bonds is 12. The predicted octanol–water partition coefficient (Wildman–Crippen LogP) is 5.17. The monoisotopic (exact) mass is 589 g/mol. The van der Waals surface area contributed by atoms with Gasteiger partial charge in [-0.15, -0.1) is 0 Å². The van der Waals surface area contributed by atoms with Gasteiger partial charge in [-0.05, 0) is 60.9 Å². The highest BCUT2D eigenvalue weighted by molar-refractivity contribution is 7.89. The van der Waals surface area contributed by atoms with E-state index in [0.29, 0.717) is 22.0 Å². The van der Waals surface area contributed by atoms with Crippen molar-refractivity contribution in [1.29, 1.82) is 0 Å². The number of nitrogens with zero attached hydrogens (tertiary/aromatic N) is 2. The van der Waals surface area contributed by atoms with Crippen molar-refractivity contribution in [2.24, 2.45) is 0 Å². The molecule has 0 unspecified atom stereocenters. The number of hydrogen-bond donors (Lipinski definition) is 1. The highest BCUT2D eigenvalue weighted by atomic mass is 35.5. The Balaban J connectivity index is 1.98. The zero-order valence-electron chi connectivity index (χ0n) is 22.2. The van der Waals surface area contributed by atoms with Crippen LogP contribution in [0.3, 0.4) is 0 Å². The molecule has 0 aliphatic heterocycles. The summed E-state index contributed by atoms with van der Waals surface area (Å²) in [5.41, 5.74) is 1.58. The molecule has 3 rings (SSSR count). The van der Waals surface area contributed by atoms with Gasteiger partial charge in [0.25, 0.3) is 0 Å². The average Bonchev–Trinajstić information content (AvgIpc) is 2.91. The fourth-order valence-corrected chi connectivity index (χ4v) is 5.44. The van der Waals surface area contributed by atoms with Crippen LogP contribution >= 0.6 is 23.2 Å². The van der Waals surface area contributed by atoms with E-state index in [1.54, 1.807) is 18.2 Å². The summed E-state index contributed by atoms with van der Waals surface area (Å²) in [6, 6.07) is 21.2. The lowest BCUT2D eigenvalue weighted by Crippen LogP contribution is -2.54. The molecule has 208 valence electrons. The van der Waals surface area contributed by atoms with Gasteiger partial charge in [0.05, 0.1) is 11.4 Å². The van der Waals surface area contributed by atoms with Crippen LogP contribution in [-0.2, 0) is 32.6 Å². The molecule has 7 nitrogen and oxygen atoms in total. The van der Waals surface area contributed by atoms with Crippen molar-refractivity contribution in [1.82, 2.24) is 14.5 Å². The van der Waals surface area contributed by atoms with Crippen molar-refractivity contribution in [2.45, 2.75) is 50.2 Å². The zero-order valence-corrected chi connectivity index (χ0v) is 24.5. The second-order valence-corrected chi connectivity index (χ2v) is 12.3. The van der Waals surface area contributed by atoms with E-state index in [1.165, 1.54) is 36.2 Å². The lowest BCUT2D eigenvalue weighted by molar-refractivity contribution is -0.141. The van der Waals surface area contributed by atoms with Gasteiger partial charge in [-0.3, -0.25) is 9.59 Å². The van der Waals surface area contributed by atoms with Crippen LogP contribution in [0, 0.1) is 0 Å². The number of benzene rings is 3. The highest BCUT2D eigenvalue weighted by Crippen LogP contribution is 2.21. The number of hydrogen-bond acceptors (Lipinski definition) is 4. The van der Waals surface area contributed by atoms with Gasteiger partial charge in [-0.25, -0.2) is 8.42 Å². The maximum Gasteiger partial charge on any atom is 0.243 e. The molecule has 0 aromatic heterocycles. The third kappa shape index (κ3) is 8.54. The molecule has 2 amide bonds. The SMILES string of the molecule is CC[C@@H](C)NC(=O)[C@@H](Cc1ccccc1)N(Cc1cccc(Cl)c1)C(=O)CN(C)S(=O)(=O)c1ccc(Cl)cc1. The minimum absolute atomic E-state index is 0.0129. The van der Waals surface area contributed by atoms with Crippen LogP contribution in [0.4, 0.5) is 0 Å². The fraction of sp³-hybridized carbons (Fsp3) is 0.310. The molecule has 0 aliphatic rings. The zero-order chi connectivity index (χ0) is 28.6. The Bertz CT molecular complexity index is 1370. The molecule has 10 heteroatoms. The lowest BCUT2D eigenvalue weighted by atomic mass is 10.0. The van der Waals surface area contributed by atoms with E-state index in [-0.39, 0.29) is 29.8 Å². The number of sulfonamides is 1. The first-order valence-corrected chi connectivity index (χ1v) is 14.8. The first-order chi connectivity index (χ1) is 18.5. The van der Waals surface area contributed by atoms with E-state index in [9.17, 15) is 18.0 Å². The van der Waals surface area contributed by atoms with Crippen molar-refractivity contribution in [3.63, 3.8) is 0 Å². The summed E-state index contributed by atoms with van der Waals surface area (Å²) in [4.78, 5) is 28.9. The molecule has 0 spiro atoms. The number of carbonyl (C=O) groups is 2. The Labute approximate surface area is 240 Å². The Kier molecular flexibility index (Phi) is 10.9. The van der Waals surface area contributed by atoms with Crippen molar-refractivity contribution in [2.75, 3.05) is 13.6 Å². The van der Waals surface area contributed by atoms with E-state index in [2.05, 4.69) is 5.32 Å². The summed E-state index contributed by atoms with van der Waals surface area (Å²) in [6.45, 7) is 3.46. The standard InChI is InChI=1S/C29H33Cl2N3O4S/c1-4-21(2)32-29(36)27(18-22-9-6-5-7-10-22)34(19-23-11-8-12-25(31)17-23)28(35)20-33(3)39(37,38)26-15-13-24(30)14-16-26/h5-17,21,27H,4,18-20H2,1-3H3,(H,32,36)/t21-,27-/m1/s1. The molecule has 39 heavy (non-hydrogen) atoms. The summed E-state index contributed by atoms with van der Waals surface area (Å²) in [5.74, 6) is -0.831. The first-order valence-electron chi connectivity index (χ1n) is 12.6. The molecule has 3 aromatic rings. The Morgan fingerprint density at radius 2 is 1.54 bits per heavy atom. The second kappa shape index (κ2) is 13.9.